The Labute approximate surface area is 142 Å². The molecular formula is C15H24N4O4S. The molecule has 9 heteroatoms. The van der Waals surface area contributed by atoms with Crippen LogP contribution in [0.5, 0.6) is 0 Å². The quantitative estimate of drug-likeness (QED) is 0.794. The molecule has 1 aromatic heterocycles. The molecule has 0 unspecified atom stereocenters. The third-order valence-corrected chi connectivity index (χ3v) is 7.20. The monoisotopic (exact) mass is 356 g/mol. The molecule has 134 valence electrons. The molecule has 0 bridgehead atoms. The van der Waals surface area contributed by atoms with Crippen LogP contribution in [-0.2, 0) is 25.7 Å². The average molecular weight is 356 g/mol. The molecule has 1 spiro atoms. The Morgan fingerprint density at radius 2 is 2.12 bits per heavy atom. The van der Waals surface area contributed by atoms with Crippen LogP contribution < -0.4 is 0 Å². The van der Waals surface area contributed by atoms with Gasteiger partial charge < -0.3 is 9.64 Å². The number of aromatic nitrogens is 2. The molecule has 0 aliphatic carbocycles. The van der Waals surface area contributed by atoms with E-state index in [9.17, 15) is 9.00 Å². The number of nitrogens with zero attached hydrogens (tertiary/aromatic N) is 4. The lowest BCUT2D eigenvalue weighted by molar-refractivity contribution is -0.151. The van der Waals surface area contributed by atoms with Crippen LogP contribution in [0.15, 0.2) is 8.99 Å². The number of amides is 1. The van der Waals surface area contributed by atoms with Crippen molar-refractivity contribution in [3.8, 4) is 0 Å². The SMILES string of the molecule is CCN=S1(=O)CCC2(CC1)CN(C(=O)Cc1nonc1C)CCO2. The van der Waals surface area contributed by atoms with Crippen molar-refractivity contribution in [2.75, 3.05) is 37.7 Å². The summed E-state index contributed by atoms with van der Waals surface area (Å²) in [6.45, 7) is 5.89. The summed E-state index contributed by atoms with van der Waals surface area (Å²) >= 11 is 0. The molecule has 24 heavy (non-hydrogen) atoms. The van der Waals surface area contributed by atoms with Gasteiger partial charge in [0.05, 0.1) is 18.6 Å². The summed E-state index contributed by atoms with van der Waals surface area (Å²) in [6.07, 6.45) is 1.56. The van der Waals surface area contributed by atoms with Crippen LogP contribution in [0.25, 0.3) is 0 Å². The Morgan fingerprint density at radius 3 is 2.75 bits per heavy atom. The maximum atomic E-state index is 12.6. The van der Waals surface area contributed by atoms with Gasteiger partial charge in [-0.3, -0.25) is 4.79 Å². The van der Waals surface area contributed by atoms with Gasteiger partial charge in [-0.1, -0.05) is 10.3 Å². The van der Waals surface area contributed by atoms with Gasteiger partial charge in [0.15, 0.2) is 0 Å². The van der Waals surface area contributed by atoms with E-state index in [4.69, 9.17) is 4.74 Å². The van der Waals surface area contributed by atoms with Crippen LogP contribution >= 0.6 is 0 Å². The molecule has 2 fully saturated rings. The van der Waals surface area contributed by atoms with Gasteiger partial charge in [0.1, 0.15) is 11.4 Å². The molecule has 2 aliphatic rings. The number of ether oxygens (including phenoxy) is 1. The molecular weight excluding hydrogens is 332 g/mol. The second kappa shape index (κ2) is 6.79. The Hall–Kier alpha value is -1.48. The number of morpholine rings is 1. The van der Waals surface area contributed by atoms with Crippen molar-refractivity contribution in [1.82, 2.24) is 15.2 Å². The van der Waals surface area contributed by atoms with Crippen molar-refractivity contribution >= 4 is 15.6 Å². The Bertz CT molecular complexity index is 709. The van der Waals surface area contributed by atoms with Gasteiger partial charge in [-0.15, -0.1) is 0 Å². The van der Waals surface area contributed by atoms with Gasteiger partial charge in [-0.25, -0.2) is 13.2 Å². The molecule has 0 aromatic carbocycles. The first-order valence-corrected chi connectivity index (χ1v) is 10.2. The maximum Gasteiger partial charge on any atom is 0.228 e. The predicted molar refractivity (Wildman–Crippen MR) is 88.1 cm³/mol. The zero-order valence-corrected chi connectivity index (χ0v) is 15.0. The summed E-state index contributed by atoms with van der Waals surface area (Å²) < 4.78 is 27.5. The standard InChI is InChI=1S/C15H24N4O4S/c1-3-16-24(21)8-4-15(5-9-24)11-19(6-7-22-15)14(20)10-13-12(2)17-23-18-13/h3-11H2,1-2H3. The van der Waals surface area contributed by atoms with Gasteiger partial charge in [0, 0.05) is 40.9 Å². The summed E-state index contributed by atoms with van der Waals surface area (Å²) in [5, 5.41) is 7.49. The summed E-state index contributed by atoms with van der Waals surface area (Å²) in [7, 11) is -2.09. The lowest BCUT2D eigenvalue weighted by atomic mass is 9.94. The minimum absolute atomic E-state index is 0.000952. The Morgan fingerprint density at radius 1 is 1.38 bits per heavy atom. The van der Waals surface area contributed by atoms with E-state index in [1.807, 2.05) is 11.8 Å². The number of hydrogen-bond donors (Lipinski definition) is 0. The highest BCUT2D eigenvalue weighted by atomic mass is 32.2. The lowest BCUT2D eigenvalue weighted by Gasteiger charge is -2.45. The second-order valence-electron chi connectivity index (χ2n) is 6.45. The van der Waals surface area contributed by atoms with E-state index in [-0.39, 0.29) is 17.9 Å². The van der Waals surface area contributed by atoms with Crippen LogP contribution in [0.1, 0.15) is 31.2 Å². The molecule has 2 aliphatic heterocycles. The zero-order valence-electron chi connectivity index (χ0n) is 14.2. The van der Waals surface area contributed by atoms with Gasteiger partial charge >= 0.3 is 0 Å². The van der Waals surface area contributed by atoms with Crippen molar-refractivity contribution in [3.63, 3.8) is 0 Å². The van der Waals surface area contributed by atoms with E-state index in [0.29, 0.717) is 62.0 Å². The predicted octanol–water partition coefficient (Wildman–Crippen LogP) is 0.800. The fourth-order valence-corrected chi connectivity index (χ4v) is 5.62. The van der Waals surface area contributed by atoms with E-state index in [1.165, 1.54) is 0 Å². The zero-order chi connectivity index (χ0) is 17.2. The number of carbonyl (C=O) groups is 1. The highest BCUT2D eigenvalue weighted by Gasteiger charge is 2.42. The van der Waals surface area contributed by atoms with Crippen LogP contribution in [0.4, 0.5) is 0 Å². The van der Waals surface area contributed by atoms with Gasteiger partial charge in [-0.05, 0) is 26.7 Å². The first kappa shape index (κ1) is 17.3. The average Bonchev–Trinajstić information content (AvgIpc) is 2.96. The highest BCUT2D eigenvalue weighted by Crippen LogP contribution is 2.32. The third kappa shape index (κ3) is 3.61. The summed E-state index contributed by atoms with van der Waals surface area (Å²) in [5.41, 5.74) is 0.841. The van der Waals surface area contributed by atoms with E-state index < -0.39 is 9.73 Å². The summed E-state index contributed by atoms with van der Waals surface area (Å²) in [5.74, 6) is 1.10. The smallest absolute Gasteiger partial charge is 0.228 e. The van der Waals surface area contributed by atoms with Crippen molar-refractivity contribution < 1.29 is 18.4 Å². The third-order valence-electron chi connectivity index (χ3n) is 4.78. The van der Waals surface area contributed by atoms with Crippen LogP contribution in [0.3, 0.4) is 0 Å². The number of hydrogen-bond acceptors (Lipinski definition) is 7. The first-order valence-electron chi connectivity index (χ1n) is 8.33. The van der Waals surface area contributed by atoms with E-state index >= 15 is 0 Å². The molecule has 1 aromatic rings. The van der Waals surface area contributed by atoms with Gasteiger partial charge in [-0.2, -0.15) is 0 Å². The molecule has 3 heterocycles. The van der Waals surface area contributed by atoms with E-state index in [2.05, 4.69) is 19.3 Å². The molecule has 1 amide bonds. The van der Waals surface area contributed by atoms with Crippen molar-refractivity contribution in [3.05, 3.63) is 11.4 Å². The van der Waals surface area contributed by atoms with E-state index in [1.54, 1.807) is 6.92 Å². The van der Waals surface area contributed by atoms with Crippen molar-refractivity contribution in [2.24, 2.45) is 4.36 Å². The number of carbonyl (C=O) groups excluding carboxylic acids is 1. The van der Waals surface area contributed by atoms with Crippen molar-refractivity contribution in [2.45, 2.75) is 38.7 Å². The molecule has 2 saturated heterocycles. The largest absolute Gasteiger partial charge is 0.371 e. The molecule has 0 N–H and O–H groups in total. The Balaban J connectivity index is 1.65. The Kier molecular flexibility index (Phi) is 4.91. The highest BCUT2D eigenvalue weighted by molar-refractivity contribution is 7.93. The van der Waals surface area contributed by atoms with Gasteiger partial charge in [0.25, 0.3) is 0 Å². The van der Waals surface area contributed by atoms with Crippen LogP contribution in [0.2, 0.25) is 0 Å². The lowest BCUT2D eigenvalue weighted by Crippen LogP contribution is -2.56. The normalized spacial score (nSPS) is 30.5. The molecule has 0 saturated carbocycles. The fraction of sp³-hybridized carbons (Fsp3) is 0.800. The van der Waals surface area contributed by atoms with Crippen LogP contribution in [-0.4, -0.2) is 68.7 Å². The minimum Gasteiger partial charge on any atom is -0.371 e. The maximum absolute atomic E-state index is 12.6. The summed E-state index contributed by atoms with van der Waals surface area (Å²) in [6, 6.07) is 0. The van der Waals surface area contributed by atoms with Gasteiger partial charge in [0.2, 0.25) is 5.91 Å². The molecule has 8 nitrogen and oxygen atoms in total. The molecule has 3 rings (SSSR count). The first-order chi connectivity index (χ1) is 11.5. The van der Waals surface area contributed by atoms with Crippen LogP contribution in [0, 0.1) is 6.92 Å². The molecule has 0 atom stereocenters. The van der Waals surface area contributed by atoms with Crippen molar-refractivity contribution in [1.29, 1.82) is 0 Å². The van der Waals surface area contributed by atoms with E-state index in [0.717, 1.165) is 0 Å². The number of rotatable bonds is 3. The number of aryl methyl sites for hydroxylation is 1. The fourth-order valence-electron chi connectivity index (χ4n) is 3.31. The molecule has 0 radical (unpaired) electrons. The second-order valence-corrected chi connectivity index (χ2v) is 9.07. The topological polar surface area (TPSA) is 97.9 Å². The summed E-state index contributed by atoms with van der Waals surface area (Å²) in [4.78, 5) is 14.4. The minimum atomic E-state index is -2.09.